The summed E-state index contributed by atoms with van der Waals surface area (Å²) < 4.78 is 14.2. The second-order valence-electron chi connectivity index (χ2n) is 9.67. The third-order valence-electron chi connectivity index (χ3n) is 7.54. The van der Waals surface area contributed by atoms with E-state index in [-0.39, 0.29) is 29.5 Å². The van der Waals surface area contributed by atoms with Gasteiger partial charge in [-0.05, 0) is 67.0 Å². The fourth-order valence-corrected chi connectivity index (χ4v) is 6.45. The minimum absolute atomic E-state index is 0.0475. The lowest BCUT2D eigenvalue weighted by atomic mass is 9.89. The molecule has 5 rings (SSSR count). The number of carbonyl (C=O) groups excluding carboxylic acids is 2. The molecule has 0 unspecified atom stereocenters. The van der Waals surface area contributed by atoms with Gasteiger partial charge in [-0.3, -0.25) is 14.5 Å². The maximum atomic E-state index is 14.2. The van der Waals surface area contributed by atoms with E-state index in [4.69, 9.17) is 0 Å². The number of hydrogen-bond acceptors (Lipinski definition) is 4. The van der Waals surface area contributed by atoms with Gasteiger partial charge in [-0.15, -0.1) is 11.3 Å². The number of rotatable bonds is 4. The van der Waals surface area contributed by atoms with Gasteiger partial charge in [0, 0.05) is 37.6 Å². The average Bonchev–Trinajstić information content (AvgIpc) is 3.24. The molecule has 2 amide bonds. The van der Waals surface area contributed by atoms with Gasteiger partial charge in [0.15, 0.2) is 0 Å². The van der Waals surface area contributed by atoms with Crippen LogP contribution < -0.4 is 0 Å². The molecule has 3 aromatic rings. The summed E-state index contributed by atoms with van der Waals surface area (Å²) in [5, 5.41) is 2.15. The Morgan fingerprint density at radius 3 is 2.44 bits per heavy atom. The van der Waals surface area contributed by atoms with Crippen LogP contribution in [0.5, 0.6) is 0 Å². The van der Waals surface area contributed by atoms with Gasteiger partial charge in [0.2, 0.25) is 5.91 Å². The third-order valence-corrected chi connectivity index (χ3v) is 8.54. The summed E-state index contributed by atoms with van der Waals surface area (Å²) in [7, 11) is 0. The Kier molecular flexibility index (Phi) is 7.21. The SMILES string of the molecule is Cc1ccccc1[C@H]1c2ccsc2CCN1[C@@H](C)C(=O)N1CCCN(C(=O)c2ccccc2F)CC1. The minimum atomic E-state index is -0.506. The van der Waals surface area contributed by atoms with E-state index in [0.29, 0.717) is 32.6 Å². The summed E-state index contributed by atoms with van der Waals surface area (Å²) in [6, 6.07) is 16.5. The van der Waals surface area contributed by atoms with Gasteiger partial charge in [0.25, 0.3) is 5.91 Å². The van der Waals surface area contributed by atoms with Gasteiger partial charge in [-0.1, -0.05) is 36.4 Å². The second-order valence-corrected chi connectivity index (χ2v) is 10.7. The molecule has 2 atom stereocenters. The topological polar surface area (TPSA) is 43.9 Å². The molecule has 0 radical (unpaired) electrons. The van der Waals surface area contributed by atoms with Crippen molar-refractivity contribution in [2.75, 3.05) is 32.7 Å². The average molecular weight is 506 g/mol. The first kappa shape index (κ1) is 24.7. The number of benzene rings is 2. The van der Waals surface area contributed by atoms with Gasteiger partial charge in [-0.25, -0.2) is 4.39 Å². The smallest absolute Gasteiger partial charge is 0.256 e. The van der Waals surface area contributed by atoms with E-state index in [1.54, 1.807) is 28.4 Å². The zero-order valence-corrected chi connectivity index (χ0v) is 21.6. The van der Waals surface area contributed by atoms with Gasteiger partial charge in [0.1, 0.15) is 5.82 Å². The van der Waals surface area contributed by atoms with Crippen molar-refractivity contribution >= 4 is 23.2 Å². The molecular formula is C29H32FN3O2S. The minimum Gasteiger partial charge on any atom is -0.340 e. The van der Waals surface area contributed by atoms with Crippen LogP contribution in [0.2, 0.25) is 0 Å². The lowest BCUT2D eigenvalue weighted by Crippen LogP contribution is -2.51. The van der Waals surface area contributed by atoms with Gasteiger partial charge >= 0.3 is 0 Å². The summed E-state index contributed by atoms with van der Waals surface area (Å²) in [5.74, 6) is -0.725. The molecule has 3 heterocycles. The quantitative estimate of drug-likeness (QED) is 0.506. The zero-order chi connectivity index (χ0) is 25.2. The highest BCUT2D eigenvalue weighted by Crippen LogP contribution is 2.40. The maximum absolute atomic E-state index is 14.2. The molecule has 2 aliphatic rings. The standard InChI is InChI=1S/C29H32FN3O2S/c1-20-8-3-4-9-22(20)27-24-13-19-36-26(24)12-16-33(27)21(2)28(34)31-14-7-15-32(18-17-31)29(35)23-10-5-6-11-25(23)30/h3-6,8-11,13,19,21,27H,7,12,14-18H2,1-2H3/t21-,27-/m0/s1. The molecule has 7 heteroatoms. The molecule has 0 spiro atoms. The highest BCUT2D eigenvalue weighted by Gasteiger charge is 2.37. The summed E-state index contributed by atoms with van der Waals surface area (Å²) in [4.78, 5) is 34.0. The predicted octanol–water partition coefficient (Wildman–Crippen LogP) is 4.91. The van der Waals surface area contributed by atoms with Crippen molar-refractivity contribution in [3.63, 3.8) is 0 Å². The Morgan fingerprint density at radius 2 is 1.64 bits per heavy atom. The van der Waals surface area contributed by atoms with Crippen molar-refractivity contribution < 1.29 is 14.0 Å². The summed E-state index contributed by atoms with van der Waals surface area (Å²) in [6.45, 7) is 6.94. The fourth-order valence-electron chi connectivity index (χ4n) is 5.54. The second kappa shape index (κ2) is 10.5. The number of hydrogen-bond donors (Lipinski definition) is 0. The Morgan fingerprint density at radius 1 is 0.917 bits per heavy atom. The normalized spacial score (nSPS) is 19.5. The van der Waals surface area contributed by atoms with Crippen LogP contribution in [0.3, 0.4) is 0 Å². The summed E-state index contributed by atoms with van der Waals surface area (Å²) >= 11 is 1.80. The first-order chi connectivity index (χ1) is 17.5. The largest absolute Gasteiger partial charge is 0.340 e. The number of nitrogens with zero attached hydrogens (tertiary/aromatic N) is 3. The number of carbonyl (C=O) groups is 2. The zero-order valence-electron chi connectivity index (χ0n) is 20.8. The Bertz CT molecular complexity index is 1260. The lowest BCUT2D eigenvalue weighted by Gasteiger charge is -2.41. The van der Waals surface area contributed by atoms with Crippen LogP contribution in [0.25, 0.3) is 0 Å². The molecule has 0 N–H and O–H groups in total. The predicted molar refractivity (Wildman–Crippen MR) is 141 cm³/mol. The molecule has 188 valence electrons. The van der Waals surface area contributed by atoms with Crippen molar-refractivity contribution in [3.05, 3.63) is 92.9 Å². The van der Waals surface area contributed by atoms with E-state index in [9.17, 15) is 14.0 Å². The highest BCUT2D eigenvalue weighted by molar-refractivity contribution is 7.10. The Labute approximate surface area is 216 Å². The molecule has 5 nitrogen and oxygen atoms in total. The van der Waals surface area contributed by atoms with Crippen molar-refractivity contribution in [1.82, 2.24) is 14.7 Å². The van der Waals surface area contributed by atoms with Crippen molar-refractivity contribution in [2.45, 2.75) is 38.8 Å². The Hall–Kier alpha value is -3.03. The van der Waals surface area contributed by atoms with Crippen LogP contribution in [-0.2, 0) is 11.2 Å². The van der Waals surface area contributed by atoms with E-state index in [2.05, 4.69) is 47.5 Å². The van der Waals surface area contributed by atoms with Gasteiger partial charge in [0.05, 0.1) is 17.6 Å². The molecule has 0 saturated carbocycles. The first-order valence-electron chi connectivity index (χ1n) is 12.7. The number of fused-ring (bicyclic) bond motifs is 1. The van der Waals surface area contributed by atoms with Crippen LogP contribution in [-0.4, -0.2) is 65.3 Å². The lowest BCUT2D eigenvalue weighted by molar-refractivity contribution is -0.137. The first-order valence-corrected chi connectivity index (χ1v) is 13.5. The third kappa shape index (κ3) is 4.70. The van der Waals surface area contributed by atoms with Crippen LogP contribution in [0, 0.1) is 12.7 Å². The van der Waals surface area contributed by atoms with Gasteiger partial charge < -0.3 is 9.80 Å². The number of amides is 2. The molecule has 0 aliphatic carbocycles. The molecule has 36 heavy (non-hydrogen) atoms. The number of aryl methyl sites for hydroxylation is 1. The van der Waals surface area contributed by atoms with E-state index in [1.165, 1.54) is 33.7 Å². The van der Waals surface area contributed by atoms with Crippen molar-refractivity contribution in [1.29, 1.82) is 0 Å². The highest BCUT2D eigenvalue weighted by atomic mass is 32.1. The van der Waals surface area contributed by atoms with Crippen LogP contribution in [0.1, 0.15) is 51.3 Å². The van der Waals surface area contributed by atoms with Crippen LogP contribution >= 0.6 is 11.3 Å². The van der Waals surface area contributed by atoms with E-state index < -0.39 is 5.82 Å². The van der Waals surface area contributed by atoms with Crippen molar-refractivity contribution in [2.24, 2.45) is 0 Å². The van der Waals surface area contributed by atoms with E-state index >= 15 is 0 Å². The molecule has 1 saturated heterocycles. The van der Waals surface area contributed by atoms with Crippen LogP contribution in [0.15, 0.2) is 60.0 Å². The van der Waals surface area contributed by atoms with E-state index in [1.807, 2.05) is 11.8 Å². The Balaban J connectivity index is 1.33. The summed E-state index contributed by atoms with van der Waals surface area (Å²) in [6.07, 6.45) is 1.62. The number of halogens is 1. The molecule has 0 bridgehead atoms. The molecular weight excluding hydrogens is 473 g/mol. The maximum Gasteiger partial charge on any atom is 0.256 e. The molecule has 2 aliphatic heterocycles. The molecule has 1 fully saturated rings. The fraction of sp³-hybridized carbons (Fsp3) is 0.379. The molecule has 2 aromatic carbocycles. The van der Waals surface area contributed by atoms with Crippen molar-refractivity contribution in [3.8, 4) is 0 Å². The van der Waals surface area contributed by atoms with Gasteiger partial charge in [-0.2, -0.15) is 0 Å². The van der Waals surface area contributed by atoms with Crippen LogP contribution in [0.4, 0.5) is 4.39 Å². The number of thiophene rings is 1. The van der Waals surface area contributed by atoms with E-state index in [0.717, 1.165) is 13.0 Å². The molecule has 1 aromatic heterocycles. The monoisotopic (exact) mass is 505 g/mol. The summed E-state index contributed by atoms with van der Waals surface area (Å²) in [5.41, 5.74) is 3.86.